The van der Waals surface area contributed by atoms with Gasteiger partial charge in [-0.15, -0.1) is 0 Å². The van der Waals surface area contributed by atoms with Gasteiger partial charge in [0.05, 0.1) is 0 Å². The van der Waals surface area contributed by atoms with Crippen molar-refractivity contribution in [2.45, 2.75) is 12.0 Å². The summed E-state index contributed by atoms with van der Waals surface area (Å²) in [4.78, 5) is 12.5. The first kappa shape index (κ1) is 6.60. The van der Waals surface area contributed by atoms with Crippen LogP contribution < -0.4 is 11.5 Å². The molecule has 1 saturated heterocycles. The summed E-state index contributed by atoms with van der Waals surface area (Å²) in [5.41, 5.74) is 10.2. The van der Waals surface area contributed by atoms with Crippen LogP contribution in [0.3, 0.4) is 0 Å². The molecular formula is C6H10N4O. The molecular weight excluding hydrogens is 144 g/mol. The largest absolute Gasteiger partial charge is 0.370 e. The van der Waals surface area contributed by atoms with Crippen molar-refractivity contribution in [3.05, 3.63) is 0 Å². The Kier molecular flexibility index (Phi) is 0.933. The van der Waals surface area contributed by atoms with Crippen molar-refractivity contribution < 1.29 is 4.79 Å². The summed E-state index contributed by atoms with van der Waals surface area (Å²) in [6, 6.07) is 0. The molecule has 1 heterocycles. The number of nitrogens with zero attached hydrogens (tertiary/aromatic N) is 1. The average molecular weight is 154 g/mol. The van der Waals surface area contributed by atoms with E-state index in [4.69, 9.17) is 16.9 Å². The van der Waals surface area contributed by atoms with Crippen molar-refractivity contribution in [1.82, 2.24) is 4.90 Å². The second kappa shape index (κ2) is 1.55. The Balaban J connectivity index is 2.22. The molecule has 0 aromatic carbocycles. The Labute approximate surface area is 63.8 Å². The predicted octanol–water partition coefficient (Wildman–Crippen LogP) is -1.56. The molecule has 5 N–H and O–H groups in total. The zero-order valence-electron chi connectivity index (χ0n) is 6.00. The van der Waals surface area contributed by atoms with Crippen molar-refractivity contribution in [3.8, 4) is 0 Å². The number of likely N-dealkylation sites (tertiary alicyclic amines) is 1. The van der Waals surface area contributed by atoms with Gasteiger partial charge in [0.2, 0.25) is 5.91 Å². The SMILES string of the molecule is N=C(N)N1CC2CC2(N)C1=O. The molecule has 60 valence electrons. The topological polar surface area (TPSA) is 96.2 Å². The van der Waals surface area contributed by atoms with Gasteiger partial charge in [0.25, 0.3) is 0 Å². The maximum absolute atomic E-state index is 11.3. The van der Waals surface area contributed by atoms with Crippen LogP contribution in [-0.2, 0) is 4.79 Å². The van der Waals surface area contributed by atoms with Crippen LogP contribution in [0.5, 0.6) is 0 Å². The molecule has 5 nitrogen and oxygen atoms in total. The summed E-state index contributed by atoms with van der Waals surface area (Å²) >= 11 is 0. The smallest absolute Gasteiger partial charge is 0.249 e. The molecule has 5 heteroatoms. The summed E-state index contributed by atoms with van der Waals surface area (Å²) in [6.45, 7) is 0.532. The molecule has 0 radical (unpaired) electrons. The van der Waals surface area contributed by atoms with E-state index in [1.807, 2.05) is 0 Å². The summed E-state index contributed by atoms with van der Waals surface area (Å²) in [6.07, 6.45) is 0.760. The Morgan fingerprint density at radius 2 is 2.45 bits per heavy atom. The fourth-order valence-electron chi connectivity index (χ4n) is 1.60. The van der Waals surface area contributed by atoms with Gasteiger partial charge in [-0.2, -0.15) is 0 Å². The van der Waals surface area contributed by atoms with Crippen LogP contribution in [0.1, 0.15) is 6.42 Å². The second-order valence-electron chi connectivity index (χ2n) is 3.24. The molecule has 1 amide bonds. The van der Waals surface area contributed by atoms with Crippen molar-refractivity contribution in [3.63, 3.8) is 0 Å². The van der Waals surface area contributed by atoms with E-state index in [9.17, 15) is 4.79 Å². The standard InChI is InChI=1S/C6H10N4O/c7-5(8)10-2-3-1-6(3,9)4(10)11/h3H,1-2,9H2,(H3,7,8). The van der Waals surface area contributed by atoms with E-state index in [2.05, 4.69) is 0 Å². The van der Waals surface area contributed by atoms with Gasteiger partial charge in [-0.1, -0.05) is 0 Å². The molecule has 1 aliphatic carbocycles. The molecule has 2 unspecified atom stereocenters. The van der Waals surface area contributed by atoms with Crippen molar-refractivity contribution in [1.29, 1.82) is 5.41 Å². The first-order valence-corrected chi connectivity index (χ1v) is 3.50. The Morgan fingerprint density at radius 3 is 2.73 bits per heavy atom. The second-order valence-corrected chi connectivity index (χ2v) is 3.24. The fraction of sp³-hybridized carbons (Fsp3) is 0.667. The number of rotatable bonds is 0. The van der Waals surface area contributed by atoms with E-state index < -0.39 is 5.54 Å². The first-order valence-electron chi connectivity index (χ1n) is 3.50. The highest BCUT2D eigenvalue weighted by Crippen LogP contribution is 2.47. The maximum atomic E-state index is 11.3. The number of hydrogen-bond acceptors (Lipinski definition) is 3. The summed E-state index contributed by atoms with van der Waals surface area (Å²) in [7, 11) is 0. The first-order chi connectivity index (χ1) is 5.05. The number of piperidine rings is 1. The van der Waals surface area contributed by atoms with E-state index >= 15 is 0 Å². The molecule has 2 aliphatic rings. The van der Waals surface area contributed by atoms with Crippen LogP contribution in [0.15, 0.2) is 0 Å². The summed E-state index contributed by atoms with van der Waals surface area (Å²) < 4.78 is 0. The number of hydrogen-bond donors (Lipinski definition) is 3. The zero-order chi connectivity index (χ0) is 8.22. The van der Waals surface area contributed by atoms with Gasteiger partial charge in [-0.25, -0.2) is 0 Å². The number of carbonyl (C=O) groups is 1. The molecule has 2 rings (SSSR count). The molecule has 0 spiro atoms. The van der Waals surface area contributed by atoms with Gasteiger partial charge in [0.1, 0.15) is 5.54 Å². The quantitative estimate of drug-likeness (QED) is 0.291. The van der Waals surface area contributed by atoms with E-state index in [1.54, 1.807) is 0 Å². The van der Waals surface area contributed by atoms with E-state index in [0.717, 1.165) is 6.42 Å². The molecule has 11 heavy (non-hydrogen) atoms. The van der Waals surface area contributed by atoms with Crippen molar-refractivity contribution >= 4 is 11.9 Å². The molecule has 0 aromatic heterocycles. The lowest BCUT2D eigenvalue weighted by Crippen LogP contribution is -2.45. The monoisotopic (exact) mass is 154 g/mol. The third-order valence-corrected chi connectivity index (χ3v) is 2.49. The van der Waals surface area contributed by atoms with Gasteiger partial charge >= 0.3 is 0 Å². The van der Waals surface area contributed by atoms with Crippen LogP contribution in [0.2, 0.25) is 0 Å². The van der Waals surface area contributed by atoms with Crippen molar-refractivity contribution in [2.24, 2.45) is 17.4 Å². The van der Waals surface area contributed by atoms with Crippen LogP contribution >= 0.6 is 0 Å². The van der Waals surface area contributed by atoms with Gasteiger partial charge in [0.15, 0.2) is 5.96 Å². The lowest BCUT2D eigenvalue weighted by molar-refractivity contribution is -0.127. The van der Waals surface area contributed by atoms with Crippen LogP contribution in [0, 0.1) is 11.3 Å². The molecule has 2 atom stereocenters. The van der Waals surface area contributed by atoms with Crippen molar-refractivity contribution in [2.75, 3.05) is 6.54 Å². The highest BCUT2D eigenvalue weighted by molar-refractivity contribution is 6.04. The number of guanidine groups is 1. The molecule has 1 aliphatic heterocycles. The number of fused-ring (bicyclic) bond motifs is 1. The van der Waals surface area contributed by atoms with Crippen LogP contribution in [0.4, 0.5) is 0 Å². The maximum Gasteiger partial charge on any atom is 0.249 e. The van der Waals surface area contributed by atoms with E-state index in [1.165, 1.54) is 4.90 Å². The van der Waals surface area contributed by atoms with Gasteiger partial charge in [-0.05, 0) is 6.42 Å². The molecule has 1 saturated carbocycles. The normalized spacial score (nSPS) is 40.6. The van der Waals surface area contributed by atoms with Gasteiger partial charge in [0, 0.05) is 12.5 Å². The lowest BCUT2D eigenvalue weighted by atomic mass is 10.3. The highest BCUT2D eigenvalue weighted by Gasteiger charge is 2.64. The van der Waals surface area contributed by atoms with Gasteiger partial charge < -0.3 is 11.5 Å². The lowest BCUT2D eigenvalue weighted by Gasteiger charge is -2.16. The molecule has 2 fully saturated rings. The Bertz CT molecular complexity index is 251. The number of nitrogens with one attached hydrogen (secondary N) is 1. The van der Waals surface area contributed by atoms with E-state index in [0.29, 0.717) is 6.54 Å². The van der Waals surface area contributed by atoms with Gasteiger partial charge in [-0.3, -0.25) is 15.1 Å². The van der Waals surface area contributed by atoms with Crippen LogP contribution in [-0.4, -0.2) is 28.9 Å². The third kappa shape index (κ3) is 0.632. The third-order valence-electron chi connectivity index (χ3n) is 2.49. The number of carbonyl (C=O) groups excluding carboxylic acids is 1. The van der Waals surface area contributed by atoms with E-state index in [-0.39, 0.29) is 17.8 Å². The minimum Gasteiger partial charge on any atom is -0.370 e. The Morgan fingerprint density at radius 1 is 1.82 bits per heavy atom. The average Bonchev–Trinajstić information content (AvgIpc) is 2.50. The summed E-state index contributed by atoms with van der Waals surface area (Å²) in [5, 5.41) is 7.05. The minimum atomic E-state index is -0.661. The zero-order valence-corrected chi connectivity index (χ0v) is 6.00. The van der Waals surface area contributed by atoms with Crippen LogP contribution in [0.25, 0.3) is 0 Å². The summed E-state index contributed by atoms with van der Waals surface area (Å²) in [5.74, 6) is -0.138. The minimum absolute atomic E-state index is 0.185. The predicted molar refractivity (Wildman–Crippen MR) is 38.7 cm³/mol. The molecule has 0 aromatic rings. The number of amides is 1. The number of nitrogens with two attached hydrogens (primary N) is 2. The highest BCUT2D eigenvalue weighted by atomic mass is 16.2. The molecule has 0 bridgehead atoms. The Hall–Kier alpha value is -1.10. The fourth-order valence-corrected chi connectivity index (χ4v) is 1.60.